The standard InChI is InChI=1S/C15H12N4OS/c20-13(10-8-17-19-6-5-16-9-12(10)19)7-15-18-11-3-1-2-4-14(11)21-15/h1-6,8-9,13,20H,7H2. The number of aromatic nitrogens is 4. The van der Waals surface area contributed by atoms with Gasteiger partial charge in [-0.15, -0.1) is 11.3 Å². The van der Waals surface area contributed by atoms with Gasteiger partial charge < -0.3 is 5.11 Å². The Balaban J connectivity index is 1.67. The van der Waals surface area contributed by atoms with Gasteiger partial charge >= 0.3 is 0 Å². The zero-order valence-electron chi connectivity index (χ0n) is 11.0. The summed E-state index contributed by atoms with van der Waals surface area (Å²) in [6, 6.07) is 8.00. The quantitative estimate of drug-likeness (QED) is 0.631. The highest BCUT2D eigenvalue weighted by Crippen LogP contribution is 2.27. The molecule has 0 aliphatic carbocycles. The van der Waals surface area contributed by atoms with Crippen LogP contribution in [0.1, 0.15) is 16.7 Å². The minimum Gasteiger partial charge on any atom is -0.388 e. The zero-order chi connectivity index (χ0) is 14.2. The van der Waals surface area contributed by atoms with Crippen molar-refractivity contribution in [2.75, 3.05) is 0 Å². The summed E-state index contributed by atoms with van der Waals surface area (Å²) in [4.78, 5) is 8.64. The SMILES string of the molecule is OC(Cc1nc2ccccc2s1)c1cnn2ccncc12. The van der Waals surface area contributed by atoms with E-state index in [0.717, 1.165) is 26.3 Å². The van der Waals surface area contributed by atoms with Gasteiger partial charge in [-0.1, -0.05) is 12.1 Å². The van der Waals surface area contributed by atoms with Crippen molar-refractivity contribution < 1.29 is 5.11 Å². The maximum Gasteiger partial charge on any atom is 0.0967 e. The number of fused-ring (bicyclic) bond motifs is 2. The van der Waals surface area contributed by atoms with Gasteiger partial charge in [0.25, 0.3) is 0 Å². The molecule has 104 valence electrons. The van der Waals surface area contributed by atoms with Crippen LogP contribution in [0, 0.1) is 0 Å². The largest absolute Gasteiger partial charge is 0.388 e. The summed E-state index contributed by atoms with van der Waals surface area (Å²) in [5, 5.41) is 15.6. The van der Waals surface area contributed by atoms with E-state index in [4.69, 9.17) is 0 Å². The highest BCUT2D eigenvalue weighted by molar-refractivity contribution is 7.18. The van der Waals surface area contributed by atoms with E-state index >= 15 is 0 Å². The first-order valence-corrected chi connectivity index (χ1v) is 7.43. The molecule has 0 amide bonds. The summed E-state index contributed by atoms with van der Waals surface area (Å²) in [6.07, 6.45) is 6.69. The minimum atomic E-state index is -0.632. The molecule has 3 heterocycles. The second-order valence-corrected chi connectivity index (χ2v) is 5.92. The van der Waals surface area contributed by atoms with Gasteiger partial charge in [-0.3, -0.25) is 4.98 Å². The van der Waals surface area contributed by atoms with Crippen molar-refractivity contribution >= 4 is 27.1 Å². The van der Waals surface area contributed by atoms with Gasteiger partial charge in [0.05, 0.1) is 39.2 Å². The highest BCUT2D eigenvalue weighted by Gasteiger charge is 2.16. The lowest BCUT2D eigenvalue weighted by molar-refractivity contribution is 0.180. The second kappa shape index (κ2) is 4.91. The third kappa shape index (κ3) is 2.18. The van der Waals surface area contributed by atoms with Crippen LogP contribution in [0.4, 0.5) is 0 Å². The Hall–Kier alpha value is -2.31. The molecule has 4 rings (SSSR count). The summed E-state index contributed by atoms with van der Waals surface area (Å²) in [6.45, 7) is 0. The van der Waals surface area contributed by atoms with Gasteiger partial charge in [0.2, 0.25) is 0 Å². The maximum atomic E-state index is 10.5. The van der Waals surface area contributed by atoms with Crippen molar-refractivity contribution in [3.63, 3.8) is 0 Å². The van der Waals surface area contributed by atoms with Gasteiger partial charge in [0.15, 0.2) is 0 Å². The Morgan fingerprint density at radius 3 is 3.05 bits per heavy atom. The van der Waals surface area contributed by atoms with E-state index in [1.165, 1.54) is 0 Å². The van der Waals surface area contributed by atoms with Gasteiger partial charge in [-0.05, 0) is 12.1 Å². The molecule has 6 heteroatoms. The predicted molar refractivity (Wildman–Crippen MR) is 81.3 cm³/mol. The molecule has 0 saturated carbocycles. The first-order chi connectivity index (χ1) is 10.3. The molecule has 0 fully saturated rings. The molecule has 0 aliphatic heterocycles. The molecular weight excluding hydrogens is 284 g/mol. The lowest BCUT2D eigenvalue weighted by atomic mass is 10.1. The van der Waals surface area contributed by atoms with Crippen molar-refractivity contribution in [3.8, 4) is 0 Å². The van der Waals surface area contributed by atoms with Crippen molar-refractivity contribution in [2.45, 2.75) is 12.5 Å². The normalized spacial score (nSPS) is 13.0. The van der Waals surface area contributed by atoms with Crippen LogP contribution in [-0.2, 0) is 6.42 Å². The molecule has 1 N–H and O–H groups in total. The van der Waals surface area contributed by atoms with Crippen LogP contribution in [0.15, 0.2) is 49.1 Å². The highest BCUT2D eigenvalue weighted by atomic mass is 32.1. The monoisotopic (exact) mass is 296 g/mol. The van der Waals surface area contributed by atoms with E-state index in [1.54, 1.807) is 40.6 Å². The fourth-order valence-corrected chi connectivity index (χ4v) is 3.40. The Labute approximate surface area is 124 Å². The van der Waals surface area contributed by atoms with E-state index < -0.39 is 6.10 Å². The predicted octanol–water partition coefficient (Wildman–Crippen LogP) is 2.62. The van der Waals surface area contributed by atoms with Crippen LogP contribution in [0.3, 0.4) is 0 Å². The average Bonchev–Trinajstić information content (AvgIpc) is 3.10. The number of aliphatic hydroxyl groups is 1. The number of nitrogens with zero attached hydrogens (tertiary/aromatic N) is 4. The summed E-state index contributed by atoms with van der Waals surface area (Å²) in [5.41, 5.74) is 2.58. The fourth-order valence-electron chi connectivity index (χ4n) is 2.39. The third-order valence-corrected chi connectivity index (χ3v) is 4.48. The van der Waals surface area contributed by atoms with E-state index in [2.05, 4.69) is 15.1 Å². The second-order valence-electron chi connectivity index (χ2n) is 4.80. The number of benzene rings is 1. The van der Waals surface area contributed by atoms with Crippen LogP contribution >= 0.6 is 11.3 Å². The molecule has 1 atom stereocenters. The maximum absolute atomic E-state index is 10.5. The average molecular weight is 296 g/mol. The van der Waals surface area contributed by atoms with Crippen LogP contribution in [0.25, 0.3) is 15.7 Å². The topological polar surface area (TPSA) is 63.3 Å². The van der Waals surface area contributed by atoms with Crippen LogP contribution in [0.5, 0.6) is 0 Å². The lowest BCUT2D eigenvalue weighted by Gasteiger charge is -2.06. The number of para-hydroxylation sites is 1. The molecule has 0 saturated heterocycles. The van der Waals surface area contributed by atoms with Crippen molar-refractivity contribution in [1.82, 2.24) is 19.6 Å². The molecule has 1 aromatic carbocycles. The van der Waals surface area contributed by atoms with Crippen molar-refractivity contribution in [1.29, 1.82) is 0 Å². The molecule has 0 aliphatic rings. The zero-order valence-corrected chi connectivity index (χ0v) is 11.9. The van der Waals surface area contributed by atoms with Crippen molar-refractivity contribution in [3.05, 3.63) is 59.6 Å². The Bertz CT molecular complexity index is 881. The summed E-state index contributed by atoms with van der Waals surface area (Å²) >= 11 is 1.61. The van der Waals surface area contributed by atoms with Crippen LogP contribution in [0.2, 0.25) is 0 Å². The molecule has 5 nitrogen and oxygen atoms in total. The Morgan fingerprint density at radius 2 is 2.14 bits per heavy atom. The number of thiazole rings is 1. The lowest BCUT2D eigenvalue weighted by Crippen LogP contribution is -2.01. The third-order valence-electron chi connectivity index (χ3n) is 3.42. The molecule has 0 spiro atoms. The van der Waals surface area contributed by atoms with E-state index in [0.29, 0.717) is 6.42 Å². The molecule has 0 radical (unpaired) electrons. The summed E-state index contributed by atoms with van der Waals surface area (Å²) in [7, 11) is 0. The van der Waals surface area contributed by atoms with E-state index in [9.17, 15) is 5.11 Å². The van der Waals surface area contributed by atoms with Gasteiger partial charge in [0, 0.05) is 24.4 Å². The number of rotatable bonds is 3. The van der Waals surface area contributed by atoms with Gasteiger partial charge in [0.1, 0.15) is 0 Å². The van der Waals surface area contributed by atoms with Crippen LogP contribution in [-0.4, -0.2) is 24.7 Å². The number of aliphatic hydroxyl groups excluding tert-OH is 1. The molecule has 21 heavy (non-hydrogen) atoms. The van der Waals surface area contributed by atoms with E-state index in [-0.39, 0.29) is 0 Å². The fraction of sp³-hybridized carbons (Fsp3) is 0.133. The molecule has 1 unspecified atom stereocenters. The minimum absolute atomic E-state index is 0.482. The Morgan fingerprint density at radius 1 is 1.24 bits per heavy atom. The van der Waals surface area contributed by atoms with Gasteiger partial charge in [-0.2, -0.15) is 5.10 Å². The smallest absolute Gasteiger partial charge is 0.0967 e. The number of hydrogen-bond donors (Lipinski definition) is 1. The molecule has 0 bridgehead atoms. The van der Waals surface area contributed by atoms with E-state index in [1.807, 2.05) is 24.3 Å². The molecule has 4 aromatic rings. The van der Waals surface area contributed by atoms with Gasteiger partial charge in [-0.25, -0.2) is 9.50 Å². The molecule has 3 aromatic heterocycles. The summed E-state index contributed by atoms with van der Waals surface area (Å²) < 4.78 is 2.85. The Kier molecular flexibility index (Phi) is 2.90. The van der Waals surface area contributed by atoms with Crippen LogP contribution < -0.4 is 0 Å². The number of hydrogen-bond acceptors (Lipinski definition) is 5. The first kappa shape index (κ1) is 12.4. The molecular formula is C15H12N4OS. The van der Waals surface area contributed by atoms with Crippen molar-refractivity contribution in [2.24, 2.45) is 0 Å². The first-order valence-electron chi connectivity index (χ1n) is 6.61. The summed E-state index contributed by atoms with van der Waals surface area (Å²) in [5.74, 6) is 0.